The van der Waals surface area contributed by atoms with Gasteiger partial charge in [0.2, 0.25) is 15.9 Å². The molecule has 0 radical (unpaired) electrons. The van der Waals surface area contributed by atoms with Gasteiger partial charge in [0.1, 0.15) is 11.5 Å². The summed E-state index contributed by atoms with van der Waals surface area (Å²) in [6.07, 6.45) is 0. The number of hydrogen-bond donors (Lipinski definition) is 2. The summed E-state index contributed by atoms with van der Waals surface area (Å²) in [5.41, 5.74) is 5.41. The topological polar surface area (TPSA) is 106 Å². The van der Waals surface area contributed by atoms with Crippen LogP contribution in [0.3, 0.4) is 0 Å². The Kier molecular flexibility index (Phi) is 7.27. The molecule has 0 atom stereocenters. The average molecular weight is 398 g/mol. The van der Waals surface area contributed by atoms with Crippen LogP contribution in [0.5, 0.6) is 0 Å². The Morgan fingerprint density at radius 2 is 1.81 bits per heavy atom. The molecule has 3 N–H and O–H groups in total. The van der Waals surface area contributed by atoms with Crippen molar-refractivity contribution in [2.24, 2.45) is 5.73 Å². The summed E-state index contributed by atoms with van der Waals surface area (Å²) in [5, 5.41) is 0. The predicted molar refractivity (Wildman–Crippen MR) is 102 cm³/mol. The molecule has 0 saturated carbocycles. The normalized spacial score (nSPS) is 11.8. The number of carbonyl (C=O) groups is 1. The fourth-order valence-corrected chi connectivity index (χ4v) is 4.11. The van der Waals surface area contributed by atoms with Crippen LogP contribution in [-0.4, -0.2) is 45.6 Å². The largest absolute Gasteiger partial charge is 0.464 e. The van der Waals surface area contributed by atoms with Gasteiger partial charge in [0, 0.05) is 17.9 Å². The van der Waals surface area contributed by atoms with Crippen molar-refractivity contribution in [2.45, 2.75) is 17.2 Å². The molecule has 1 aromatic heterocycles. The monoisotopic (exact) mass is 397 g/mol. The fourth-order valence-electron chi connectivity index (χ4n) is 2.20. The van der Waals surface area contributed by atoms with Gasteiger partial charge in [0.05, 0.1) is 17.2 Å². The van der Waals surface area contributed by atoms with Crippen LogP contribution in [0.15, 0.2) is 45.7 Å². The first-order valence-electron chi connectivity index (χ1n) is 7.97. The third kappa shape index (κ3) is 6.17. The lowest BCUT2D eigenvalue weighted by Crippen LogP contribution is -2.26. The highest BCUT2D eigenvalue weighted by Crippen LogP contribution is 2.16. The summed E-state index contributed by atoms with van der Waals surface area (Å²) in [7, 11) is 0.352. The van der Waals surface area contributed by atoms with Crippen molar-refractivity contribution in [1.82, 2.24) is 9.62 Å². The average Bonchev–Trinajstić information content (AvgIpc) is 3.01. The van der Waals surface area contributed by atoms with E-state index in [0.29, 0.717) is 18.1 Å². The minimum absolute atomic E-state index is 0.104. The summed E-state index contributed by atoms with van der Waals surface area (Å²) in [4.78, 5) is 13.2. The molecule has 0 aliphatic carbocycles. The SMILES string of the molecule is CN(C)Cc1ccc(CSCCNS(=O)(=O)c2ccc(C(N)=O)cc2)o1. The van der Waals surface area contributed by atoms with E-state index in [-0.39, 0.29) is 10.5 Å². The molecule has 1 aromatic carbocycles. The molecular formula is C17H23N3O4S2. The van der Waals surface area contributed by atoms with E-state index in [0.717, 1.165) is 18.1 Å². The molecule has 1 amide bonds. The highest BCUT2D eigenvalue weighted by Gasteiger charge is 2.14. The second kappa shape index (κ2) is 9.22. The Morgan fingerprint density at radius 1 is 1.15 bits per heavy atom. The number of furan rings is 1. The van der Waals surface area contributed by atoms with Crippen molar-refractivity contribution in [3.05, 3.63) is 53.5 Å². The van der Waals surface area contributed by atoms with Crippen molar-refractivity contribution in [3.8, 4) is 0 Å². The predicted octanol–water partition coefficient (Wildman–Crippen LogP) is 1.65. The molecule has 9 heteroatoms. The van der Waals surface area contributed by atoms with Gasteiger partial charge >= 0.3 is 0 Å². The van der Waals surface area contributed by atoms with Crippen LogP contribution >= 0.6 is 11.8 Å². The maximum absolute atomic E-state index is 12.2. The number of benzene rings is 1. The Hall–Kier alpha value is -1.81. The number of amides is 1. The molecule has 1 heterocycles. The molecule has 2 rings (SSSR count). The number of nitrogens with two attached hydrogens (primary N) is 1. The maximum Gasteiger partial charge on any atom is 0.248 e. The molecule has 0 unspecified atom stereocenters. The van der Waals surface area contributed by atoms with Crippen LogP contribution in [0.4, 0.5) is 0 Å². The molecule has 0 aliphatic heterocycles. The van der Waals surface area contributed by atoms with E-state index in [9.17, 15) is 13.2 Å². The number of hydrogen-bond acceptors (Lipinski definition) is 6. The number of rotatable bonds is 10. The first-order chi connectivity index (χ1) is 12.3. The molecular weight excluding hydrogens is 374 g/mol. The molecule has 26 heavy (non-hydrogen) atoms. The Bertz CT molecular complexity index is 830. The summed E-state index contributed by atoms with van der Waals surface area (Å²) in [6, 6.07) is 9.42. The number of nitrogens with one attached hydrogen (secondary N) is 1. The molecule has 0 fully saturated rings. The molecule has 142 valence electrons. The van der Waals surface area contributed by atoms with Gasteiger partial charge in [-0.1, -0.05) is 0 Å². The molecule has 0 aliphatic rings. The number of carbonyl (C=O) groups excluding carboxylic acids is 1. The number of thioether (sulfide) groups is 1. The Labute approximate surface area is 158 Å². The van der Waals surface area contributed by atoms with E-state index in [1.165, 1.54) is 24.3 Å². The smallest absolute Gasteiger partial charge is 0.248 e. The highest BCUT2D eigenvalue weighted by molar-refractivity contribution is 7.98. The van der Waals surface area contributed by atoms with E-state index in [2.05, 4.69) is 4.72 Å². The van der Waals surface area contributed by atoms with E-state index in [1.807, 2.05) is 31.1 Å². The van der Waals surface area contributed by atoms with E-state index in [1.54, 1.807) is 11.8 Å². The lowest BCUT2D eigenvalue weighted by molar-refractivity contribution is 0.1000. The lowest BCUT2D eigenvalue weighted by atomic mass is 10.2. The van der Waals surface area contributed by atoms with Crippen molar-refractivity contribution in [2.75, 3.05) is 26.4 Å². The van der Waals surface area contributed by atoms with Crippen LogP contribution in [0, 0.1) is 0 Å². The van der Waals surface area contributed by atoms with E-state index >= 15 is 0 Å². The van der Waals surface area contributed by atoms with Crippen LogP contribution in [-0.2, 0) is 22.3 Å². The molecule has 2 aromatic rings. The van der Waals surface area contributed by atoms with Crippen molar-refractivity contribution in [1.29, 1.82) is 0 Å². The standard InChI is InChI=1S/C17H23N3O4S2/c1-20(2)11-14-5-6-15(24-14)12-25-10-9-19-26(22,23)16-7-3-13(4-8-16)17(18)21/h3-8,19H,9-12H2,1-2H3,(H2,18,21). The lowest BCUT2D eigenvalue weighted by Gasteiger charge is -2.07. The van der Waals surface area contributed by atoms with Crippen molar-refractivity contribution >= 4 is 27.7 Å². The van der Waals surface area contributed by atoms with Gasteiger partial charge in [0.15, 0.2) is 0 Å². The minimum atomic E-state index is -3.60. The van der Waals surface area contributed by atoms with Gasteiger partial charge in [-0.2, -0.15) is 11.8 Å². The van der Waals surface area contributed by atoms with Gasteiger partial charge in [-0.3, -0.25) is 4.79 Å². The van der Waals surface area contributed by atoms with Crippen LogP contribution in [0.1, 0.15) is 21.9 Å². The second-order valence-electron chi connectivity index (χ2n) is 5.94. The number of primary amides is 1. The van der Waals surface area contributed by atoms with Crippen LogP contribution < -0.4 is 10.5 Å². The van der Waals surface area contributed by atoms with Crippen molar-refractivity contribution in [3.63, 3.8) is 0 Å². The van der Waals surface area contributed by atoms with Crippen molar-refractivity contribution < 1.29 is 17.6 Å². The number of sulfonamides is 1. The first kappa shape index (κ1) is 20.5. The van der Waals surface area contributed by atoms with Gasteiger partial charge in [0.25, 0.3) is 0 Å². The molecule has 0 bridgehead atoms. The van der Waals surface area contributed by atoms with Gasteiger partial charge in [-0.05, 0) is 50.5 Å². The molecule has 0 saturated heterocycles. The fraction of sp³-hybridized carbons (Fsp3) is 0.353. The van der Waals surface area contributed by atoms with Gasteiger partial charge in [-0.15, -0.1) is 0 Å². The van der Waals surface area contributed by atoms with E-state index in [4.69, 9.17) is 10.2 Å². The van der Waals surface area contributed by atoms with E-state index < -0.39 is 15.9 Å². The zero-order valence-corrected chi connectivity index (χ0v) is 16.4. The van der Waals surface area contributed by atoms with Crippen LogP contribution in [0.2, 0.25) is 0 Å². The Balaban J connectivity index is 1.76. The molecule has 0 spiro atoms. The highest BCUT2D eigenvalue weighted by atomic mass is 32.2. The summed E-state index contributed by atoms with van der Waals surface area (Å²) >= 11 is 1.59. The third-order valence-electron chi connectivity index (χ3n) is 3.42. The van der Waals surface area contributed by atoms with Gasteiger partial charge in [-0.25, -0.2) is 13.1 Å². The number of nitrogens with zero attached hydrogens (tertiary/aromatic N) is 1. The zero-order valence-electron chi connectivity index (χ0n) is 14.8. The Morgan fingerprint density at radius 3 is 2.42 bits per heavy atom. The second-order valence-corrected chi connectivity index (χ2v) is 8.82. The minimum Gasteiger partial charge on any atom is -0.464 e. The van der Waals surface area contributed by atoms with Gasteiger partial charge < -0.3 is 15.1 Å². The summed E-state index contributed by atoms with van der Waals surface area (Å²) in [5.74, 6) is 2.48. The quantitative estimate of drug-likeness (QED) is 0.591. The zero-order chi connectivity index (χ0) is 19.2. The maximum atomic E-state index is 12.2. The molecule has 7 nitrogen and oxygen atoms in total. The van der Waals surface area contributed by atoms with Crippen LogP contribution in [0.25, 0.3) is 0 Å². The third-order valence-corrected chi connectivity index (χ3v) is 5.88. The summed E-state index contributed by atoms with van der Waals surface area (Å²) in [6.45, 7) is 1.05. The summed E-state index contributed by atoms with van der Waals surface area (Å²) < 4.78 is 32.6. The first-order valence-corrected chi connectivity index (χ1v) is 10.6.